The molecule has 0 unspecified atom stereocenters. The summed E-state index contributed by atoms with van der Waals surface area (Å²) in [5.41, 5.74) is 0.947. The zero-order chi connectivity index (χ0) is 18.1. The number of nitrogens with zero attached hydrogens (tertiary/aromatic N) is 1. The number of hydrogen-bond acceptors (Lipinski definition) is 2. The predicted octanol–water partition coefficient (Wildman–Crippen LogP) is 5.99. The fourth-order valence-corrected chi connectivity index (χ4v) is 2.92. The largest absolute Gasteiger partial charge is 0.492 e. The summed E-state index contributed by atoms with van der Waals surface area (Å²) >= 11 is 11.9. The topological polar surface area (TPSA) is 29.5 Å². The first-order chi connectivity index (χ1) is 12.1. The van der Waals surface area contributed by atoms with Gasteiger partial charge in [-0.2, -0.15) is 0 Å². The van der Waals surface area contributed by atoms with Crippen molar-refractivity contribution in [3.8, 4) is 5.75 Å². The zero-order valence-corrected chi connectivity index (χ0v) is 15.9. The van der Waals surface area contributed by atoms with E-state index in [-0.39, 0.29) is 5.91 Å². The number of ether oxygens (including phenoxy) is 1. The van der Waals surface area contributed by atoms with E-state index < -0.39 is 0 Å². The van der Waals surface area contributed by atoms with Crippen LogP contribution in [0.2, 0.25) is 10.0 Å². The molecule has 0 aromatic heterocycles. The van der Waals surface area contributed by atoms with E-state index in [9.17, 15) is 4.79 Å². The number of unbranched alkanes of at least 4 members (excludes halogenated alkanes) is 1. The molecule has 0 aliphatic carbocycles. The molecule has 0 fully saturated rings. The van der Waals surface area contributed by atoms with Crippen LogP contribution in [0.1, 0.15) is 32.6 Å². The lowest BCUT2D eigenvalue weighted by molar-refractivity contribution is -0.118. The van der Waals surface area contributed by atoms with Crippen molar-refractivity contribution < 1.29 is 9.53 Å². The van der Waals surface area contributed by atoms with Crippen LogP contribution >= 0.6 is 23.2 Å². The number of rotatable bonds is 9. The van der Waals surface area contributed by atoms with Gasteiger partial charge >= 0.3 is 0 Å². The average Bonchev–Trinajstić information content (AvgIpc) is 2.61. The maximum absolute atomic E-state index is 12.6. The number of halogens is 2. The summed E-state index contributed by atoms with van der Waals surface area (Å²) in [6, 6.07) is 14.9. The Morgan fingerprint density at radius 1 is 1.08 bits per heavy atom. The molecule has 0 heterocycles. The van der Waals surface area contributed by atoms with E-state index >= 15 is 0 Å². The summed E-state index contributed by atoms with van der Waals surface area (Å²) in [7, 11) is 0. The Bertz CT molecular complexity index is 677. The molecule has 0 radical (unpaired) electrons. The van der Waals surface area contributed by atoms with Crippen molar-refractivity contribution in [2.45, 2.75) is 32.6 Å². The Labute approximate surface area is 159 Å². The van der Waals surface area contributed by atoms with Gasteiger partial charge in [-0.05, 0) is 43.2 Å². The summed E-state index contributed by atoms with van der Waals surface area (Å²) < 4.78 is 5.65. The van der Waals surface area contributed by atoms with Gasteiger partial charge in [0.2, 0.25) is 5.91 Å². The van der Waals surface area contributed by atoms with Gasteiger partial charge in [-0.1, -0.05) is 54.7 Å². The Kier molecular flexibility index (Phi) is 8.10. The van der Waals surface area contributed by atoms with Crippen LogP contribution in [-0.4, -0.2) is 19.1 Å². The van der Waals surface area contributed by atoms with Gasteiger partial charge in [0.25, 0.3) is 0 Å². The van der Waals surface area contributed by atoms with Crippen molar-refractivity contribution in [1.29, 1.82) is 0 Å². The van der Waals surface area contributed by atoms with Crippen LogP contribution in [0.3, 0.4) is 0 Å². The quantitative estimate of drug-likeness (QED) is 0.501. The number of para-hydroxylation sites is 1. The van der Waals surface area contributed by atoms with Gasteiger partial charge in [-0.3, -0.25) is 4.79 Å². The van der Waals surface area contributed by atoms with Crippen molar-refractivity contribution in [3.05, 3.63) is 58.6 Å². The first-order valence-corrected chi connectivity index (χ1v) is 9.30. The van der Waals surface area contributed by atoms with E-state index in [1.54, 1.807) is 18.2 Å². The minimum Gasteiger partial charge on any atom is -0.492 e. The summed E-state index contributed by atoms with van der Waals surface area (Å²) in [4.78, 5) is 14.5. The number of amides is 1. The molecule has 5 heteroatoms. The van der Waals surface area contributed by atoms with Crippen molar-refractivity contribution in [3.63, 3.8) is 0 Å². The molecule has 0 spiro atoms. The molecule has 1 amide bonds. The smallest absolute Gasteiger partial charge is 0.227 e. The molecule has 2 rings (SSSR count). The van der Waals surface area contributed by atoms with E-state index in [2.05, 4.69) is 6.92 Å². The Hall–Kier alpha value is -1.71. The molecule has 2 aromatic rings. The number of anilines is 1. The van der Waals surface area contributed by atoms with Crippen LogP contribution in [0.15, 0.2) is 48.5 Å². The molecule has 0 N–H and O–H groups in total. The highest BCUT2D eigenvalue weighted by Gasteiger charge is 2.14. The Morgan fingerprint density at radius 3 is 2.52 bits per heavy atom. The third-order valence-corrected chi connectivity index (χ3v) is 4.32. The normalized spacial score (nSPS) is 10.5. The van der Waals surface area contributed by atoms with Crippen molar-refractivity contribution in [1.82, 2.24) is 0 Å². The number of hydrogen-bond donors (Lipinski definition) is 0. The Morgan fingerprint density at radius 2 is 1.84 bits per heavy atom. The summed E-state index contributed by atoms with van der Waals surface area (Å²) in [5.74, 6) is 0.704. The summed E-state index contributed by atoms with van der Waals surface area (Å²) in [6.07, 6.45) is 3.10. The summed E-state index contributed by atoms with van der Waals surface area (Å²) in [5, 5.41) is 1.05. The van der Waals surface area contributed by atoms with E-state index in [0.717, 1.165) is 25.1 Å². The third-order valence-electron chi connectivity index (χ3n) is 3.79. The molecule has 0 saturated carbocycles. The van der Waals surface area contributed by atoms with Gasteiger partial charge < -0.3 is 9.64 Å². The fraction of sp³-hybridized carbons (Fsp3) is 0.350. The lowest BCUT2D eigenvalue weighted by Crippen LogP contribution is -2.31. The monoisotopic (exact) mass is 379 g/mol. The first kappa shape index (κ1) is 19.6. The maximum Gasteiger partial charge on any atom is 0.227 e. The third kappa shape index (κ3) is 6.26. The van der Waals surface area contributed by atoms with Gasteiger partial charge in [0.1, 0.15) is 5.75 Å². The van der Waals surface area contributed by atoms with Crippen LogP contribution in [0.5, 0.6) is 5.75 Å². The van der Waals surface area contributed by atoms with Crippen LogP contribution < -0.4 is 9.64 Å². The van der Waals surface area contributed by atoms with Crippen molar-refractivity contribution in [2.75, 3.05) is 18.1 Å². The highest BCUT2D eigenvalue weighted by molar-refractivity contribution is 6.35. The van der Waals surface area contributed by atoms with Crippen LogP contribution in [-0.2, 0) is 4.79 Å². The molecule has 0 aliphatic heterocycles. The Balaban J connectivity index is 1.86. The molecule has 0 saturated heterocycles. The van der Waals surface area contributed by atoms with Crippen molar-refractivity contribution in [2.24, 2.45) is 0 Å². The highest BCUT2D eigenvalue weighted by atomic mass is 35.5. The lowest BCUT2D eigenvalue weighted by Gasteiger charge is -2.23. The molecule has 0 aliphatic rings. The van der Waals surface area contributed by atoms with E-state index in [0.29, 0.717) is 35.2 Å². The number of benzene rings is 2. The average molecular weight is 380 g/mol. The highest BCUT2D eigenvalue weighted by Crippen LogP contribution is 2.27. The second-order valence-corrected chi connectivity index (χ2v) is 6.60. The molecular weight excluding hydrogens is 357 g/mol. The summed E-state index contributed by atoms with van der Waals surface area (Å²) in [6.45, 7) is 3.30. The van der Waals surface area contributed by atoms with E-state index in [1.165, 1.54) is 0 Å². The van der Waals surface area contributed by atoms with Gasteiger partial charge in [0, 0.05) is 23.7 Å². The lowest BCUT2D eigenvalue weighted by atomic mass is 10.2. The molecule has 3 nitrogen and oxygen atoms in total. The second kappa shape index (κ2) is 10.3. The standard InChI is InChI=1S/C20H23Cl2NO2/c1-2-3-13-23(17-8-5-4-6-9-17)20(24)10-7-14-25-19-12-11-16(21)15-18(19)22/h4-6,8-9,11-12,15H,2-3,7,10,13-14H2,1H3. The molecule has 25 heavy (non-hydrogen) atoms. The van der Waals surface area contributed by atoms with E-state index in [1.807, 2.05) is 35.2 Å². The SMILES string of the molecule is CCCCN(C(=O)CCCOc1ccc(Cl)cc1Cl)c1ccccc1. The van der Waals surface area contributed by atoms with Gasteiger partial charge in [-0.25, -0.2) is 0 Å². The molecular formula is C20H23Cl2NO2. The predicted molar refractivity (Wildman–Crippen MR) is 105 cm³/mol. The minimum atomic E-state index is 0.116. The van der Waals surface area contributed by atoms with Crippen LogP contribution in [0.25, 0.3) is 0 Å². The minimum absolute atomic E-state index is 0.116. The fourth-order valence-electron chi connectivity index (χ4n) is 2.45. The zero-order valence-electron chi connectivity index (χ0n) is 14.4. The molecule has 0 atom stereocenters. The molecule has 134 valence electrons. The second-order valence-electron chi connectivity index (χ2n) is 5.76. The molecule has 0 bridgehead atoms. The molecule has 2 aromatic carbocycles. The van der Waals surface area contributed by atoms with Gasteiger partial charge in [0.15, 0.2) is 0 Å². The van der Waals surface area contributed by atoms with E-state index in [4.69, 9.17) is 27.9 Å². The van der Waals surface area contributed by atoms with Crippen LogP contribution in [0.4, 0.5) is 5.69 Å². The maximum atomic E-state index is 12.6. The number of carbonyl (C=O) groups excluding carboxylic acids is 1. The van der Waals surface area contributed by atoms with Gasteiger partial charge in [-0.15, -0.1) is 0 Å². The van der Waals surface area contributed by atoms with Crippen LogP contribution in [0, 0.1) is 0 Å². The first-order valence-electron chi connectivity index (χ1n) is 8.55. The van der Waals surface area contributed by atoms with Gasteiger partial charge in [0.05, 0.1) is 11.6 Å². The number of carbonyl (C=O) groups is 1. The van der Waals surface area contributed by atoms with Crippen molar-refractivity contribution >= 4 is 34.8 Å².